The van der Waals surface area contributed by atoms with E-state index in [9.17, 15) is 18.4 Å². The summed E-state index contributed by atoms with van der Waals surface area (Å²) in [5, 5.41) is 2.75. The Morgan fingerprint density at radius 2 is 1.73 bits per heavy atom. The van der Waals surface area contributed by atoms with Crippen molar-refractivity contribution in [3.05, 3.63) is 65.5 Å². The summed E-state index contributed by atoms with van der Waals surface area (Å²) < 4.78 is 26.1. The highest BCUT2D eigenvalue weighted by molar-refractivity contribution is 5.94. The molecule has 0 spiro atoms. The third kappa shape index (κ3) is 4.22. The van der Waals surface area contributed by atoms with Gasteiger partial charge in [0.1, 0.15) is 0 Å². The van der Waals surface area contributed by atoms with E-state index in [4.69, 9.17) is 0 Å². The van der Waals surface area contributed by atoms with E-state index in [0.717, 1.165) is 25.0 Å². The topological polar surface area (TPSA) is 62.3 Å². The minimum absolute atomic E-state index is 0.0170. The summed E-state index contributed by atoms with van der Waals surface area (Å²) >= 11 is 0. The van der Waals surface area contributed by atoms with Gasteiger partial charge in [-0.1, -0.05) is 0 Å². The summed E-state index contributed by atoms with van der Waals surface area (Å²) in [6, 6.07) is 6.46. The normalized spacial score (nSPS) is 14.9. The number of amides is 2. The average Bonchev–Trinajstić information content (AvgIpc) is 2.68. The van der Waals surface area contributed by atoms with Gasteiger partial charge in [0.05, 0.1) is 0 Å². The maximum absolute atomic E-state index is 13.2. The highest BCUT2D eigenvalue weighted by Gasteiger charge is 2.24. The molecule has 1 aromatic heterocycles. The van der Waals surface area contributed by atoms with Gasteiger partial charge >= 0.3 is 0 Å². The molecule has 1 N–H and O–H groups in total. The Labute approximate surface area is 150 Å². The van der Waals surface area contributed by atoms with Gasteiger partial charge < -0.3 is 10.2 Å². The van der Waals surface area contributed by atoms with Crippen LogP contribution in [0, 0.1) is 17.6 Å². The van der Waals surface area contributed by atoms with Crippen LogP contribution < -0.4 is 5.32 Å². The van der Waals surface area contributed by atoms with Crippen molar-refractivity contribution in [2.75, 3.05) is 19.6 Å². The van der Waals surface area contributed by atoms with Gasteiger partial charge in [0, 0.05) is 43.2 Å². The first-order valence-corrected chi connectivity index (χ1v) is 8.47. The number of hydrogen-bond acceptors (Lipinski definition) is 3. The van der Waals surface area contributed by atoms with E-state index in [1.54, 1.807) is 29.4 Å². The van der Waals surface area contributed by atoms with E-state index in [1.807, 2.05) is 0 Å². The Kier molecular flexibility index (Phi) is 5.55. The number of piperidine rings is 1. The van der Waals surface area contributed by atoms with Crippen molar-refractivity contribution in [1.82, 2.24) is 15.2 Å². The van der Waals surface area contributed by atoms with E-state index in [1.165, 1.54) is 6.07 Å². The molecule has 0 radical (unpaired) electrons. The molecule has 1 aliphatic heterocycles. The summed E-state index contributed by atoms with van der Waals surface area (Å²) in [6.45, 7) is 1.68. The Morgan fingerprint density at radius 3 is 2.38 bits per heavy atom. The molecule has 2 amide bonds. The largest absolute Gasteiger partial charge is 0.352 e. The van der Waals surface area contributed by atoms with Gasteiger partial charge in [-0.2, -0.15) is 0 Å². The van der Waals surface area contributed by atoms with E-state index in [-0.39, 0.29) is 17.4 Å². The molecule has 2 heterocycles. The Hall–Kier alpha value is -2.83. The molecule has 3 rings (SSSR count). The summed E-state index contributed by atoms with van der Waals surface area (Å²) in [6.07, 6.45) is 4.73. The second-order valence-electron chi connectivity index (χ2n) is 6.31. The lowest BCUT2D eigenvalue weighted by atomic mass is 9.96. The fourth-order valence-corrected chi connectivity index (χ4v) is 2.99. The van der Waals surface area contributed by atoms with Gasteiger partial charge in [0.25, 0.3) is 11.8 Å². The first kappa shape index (κ1) is 18.0. The first-order valence-electron chi connectivity index (χ1n) is 8.47. The van der Waals surface area contributed by atoms with Crippen LogP contribution in [0.4, 0.5) is 8.78 Å². The quantitative estimate of drug-likeness (QED) is 0.913. The van der Waals surface area contributed by atoms with Crippen LogP contribution in [0.15, 0.2) is 42.7 Å². The molecule has 1 aliphatic rings. The molecule has 136 valence electrons. The van der Waals surface area contributed by atoms with Crippen LogP contribution in [0.25, 0.3) is 0 Å². The number of nitrogens with zero attached hydrogens (tertiary/aromatic N) is 2. The van der Waals surface area contributed by atoms with Crippen LogP contribution in [0.2, 0.25) is 0 Å². The fourth-order valence-electron chi connectivity index (χ4n) is 2.99. The number of carbonyl (C=O) groups excluding carboxylic acids is 2. The Morgan fingerprint density at radius 1 is 1.04 bits per heavy atom. The Bertz CT molecular complexity index is 791. The minimum atomic E-state index is -1.04. The third-order valence-corrected chi connectivity index (χ3v) is 4.56. The molecule has 2 aromatic rings. The van der Waals surface area contributed by atoms with E-state index >= 15 is 0 Å². The summed E-state index contributed by atoms with van der Waals surface area (Å²) in [5.74, 6) is -2.23. The maximum Gasteiger partial charge on any atom is 0.253 e. The molecule has 1 saturated heterocycles. The zero-order valence-corrected chi connectivity index (χ0v) is 14.1. The zero-order chi connectivity index (χ0) is 18.5. The van der Waals surface area contributed by atoms with Crippen LogP contribution >= 0.6 is 0 Å². The summed E-state index contributed by atoms with van der Waals surface area (Å²) in [7, 11) is 0. The van der Waals surface area contributed by atoms with Crippen LogP contribution in [0.5, 0.6) is 0 Å². The van der Waals surface area contributed by atoms with Crippen LogP contribution in [0.1, 0.15) is 33.6 Å². The SMILES string of the molecule is O=C(NCC1CCN(C(=O)c2ccncc2)CC1)c1ccc(F)c(F)c1. The molecule has 0 aliphatic carbocycles. The van der Waals surface area contributed by atoms with Crippen molar-refractivity contribution in [1.29, 1.82) is 0 Å². The van der Waals surface area contributed by atoms with Crippen LogP contribution in [0.3, 0.4) is 0 Å². The number of hydrogen-bond donors (Lipinski definition) is 1. The lowest BCUT2D eigenvalue weighted by molar-refractivity contribution is 0.0684. The molecule has 5 nitrogen and oxygen atoms in total. The van der Waals surface area contributed by atoms with Gasteiger partial charge in [-0.3, -0.25) is 14.6 Å². The number of rotatable bonds is 4. The van der Waals surface area contributed by atoms with Gasteiger partial charge in [-0.05, 0) is 49.1 Å². The lowest BCUT2D eigenvalue weighted by Gasteiger charge is -2.32. The first-order chi connectivity index (χ1) is 12.5. The summed E-state index contributed by atoms with van der Waals surface area (Å²) in [5.41, 5.74) is 0.708. The zero-order valence-electron chi connectivity index (χ0n) is 14.1. The number of nitrogens with one attached hydrogen (secondary N) is 1. The molecule has 0 unspecified atom stereocenters. The third-order valence-electron chi connectivity index (χ3n) is 4.56. The highest BCUT2D eigenvalue weighted by Crippen LogP contribution is 2.18. The number of halogens is 2. The minimum Gasteiger partial charge on any atom is -0.352 e. The lowest BCUT2D eigenvalue weighted by Crippen LogP contribution is -2.41. The number of aromatic nitrogens is 1. The molecule has 0 bridgehead atoms. The molecule has 26 heavy (non-hydrogen) atoms. The molecule has 1 fully saturated rings. The van der Waals surface area contributed by atoms with Crippen LogP contribution in [-0.2, 0) is 0 Å². The van der Waals surface area contributed by atoms with Gasteiger partial charge in [-0.15, -0.1) is 0 Å². The van der Waals surface area contributed by atoms with Crippen LogP contribution in [-0.4, -0.2) is 41.3 Å². The second kappa shape index (κ2) is 8.03. The standard InChI is InChI=1S/C19H19F2N3O2/c20-16-2-1-15(11-17(16)21)18(25)23-12-13-5-9-24(10-6-13)19(26)14-3-7-22-8-4-14/h1-4,7-8,11,13H,5-6,9-10,12H2,(H,23,25). The number of carbonyl (C=O) groups is 2. The molecule has 7 heteroatoms. The number of likely N-dealkylation sites (tertiary alicyclic amines) is 1. The Balaban J connectivity index is 1.47. The maximum atomic E-state index is 13.2. The molecule has 0 saturated carbocycles. The number of pyridine rings is 1. The molecule has 0 atom stereocenters. The average molecular weight is 359 g/mol. The van der Waals surface area contributed by atoms with Crippen molar-refractivity contribution >= 4 is 11.8 Å². The van der Waals surface area contributed by atoms with Gasteiger partial charge in [0.2, 0.25) is 0 Å². The van der Waals surface area contributed by atoms with Crippen molar-refractivity contribution in [2.45, 2.75) is 12.8 Å². The monoisotopic (exact) mass is 359 g/mol. The van der Waals surface area contributed by atoms with E-state index in [2.05, 4.69) is 10.3 Å². The smallest absolute Gasteiger partial charge is 0.253 e. The highest BCUT2D eigenvalue weighted by atomic mass is 19.2. The number of benzene rings is 1. The summed E-state index contributed by atoms with van der Waals surface area (Å²) in [4.78, 5) is 30.1. The molecule has 1 aromatic carbocycles. The van der Waals surface area contributed by atoms with Gasteiger partial charge in [0.15, 0.2) is 11.6 Å². The second-order valence-corrected chi connectivity index (χ2v) is 6.31. The van der Waals surface area contributed by atoms with Gasteiger partial charge in [-0.25, -0.2) is 8.78 Å². The van der Waals surface area contributed by atoms with Crippen molar-refractivity contribution in [3.63, 3.8) is 0 Å². The predicted molar refractivity (Wildman–Crippen MR) is 91.6 cm³/mol. The predicted octanol–water partition coefficient (Wildman–Crippen LogP) is 2.64. The van der Waals surface area contributed by atoms with Crippen molar-refractivity contribution in [3.8, 4) is 0 Å². The molecular weight excluding hydrogens is 340 g/mol. The van der Waals surface area contributed by atoms with E-state index in [0.29, 0.717) is 25.2 Å². The van der Waals surface area contributed by atoms with Crippen molar-refractivity contribution in [2.24, 2.45) is 5.92 Å². The molecular formula is C19H19F2N3O2. The van der Waals surface area contributed by atoms with E-state index < -0.39 is 17.5 Å². The van der Waals surface area contributed by atoms with Crippen molar-refractivity contribution < 1.29 is 18.4 Å². The fraction of sp³-hybridized carbons (Fsp3) is 0.316.